The van der Waals surface area contributed by atoms with E-state index in [1.807, 2.05) is 24.0 Å². The van der Waals surface area contributed by atoms with Gasteiger partial charge < -0.3 is 14.5 Å². The highest BCUT2D eigenvalue weighted by Gasteiger charge is 2.24. The van der Waals surface area contributed by atoms with Gasteiger partial charge in [-0.15, -0.1) is 0 Å². The molecule has 2 aromatic rings. The molecule has 0 aliphatic carbocycles. The third kappa shape index (κ3) is 6.18. The summed E-state index contributed by atoms with van der Waals surface area (Å²) in [7, 11) is 1.70. The topological polar surface area (TPSA) is 45.7 Å². The molecule has 1 aliphatic rings. The first kappa shape index (κ1) is 21.6. The van der Waals surface area contributed by atoms with Crippen LogP contribution in [0.15, 0.2) is 42.6 Å². The second-order valence-electron chi connectivity index (χ2n) is 7.62. The first-order valence-electron chi connectivity index (χ1n) is 10.3. The Hall–Kier alpha value is -2.11. The summed E-state index contributed by atoms with van der Waals surface area (Å²) < 4.78 is 5.32. The van der Waals surface area contributed by atoms with Crippen LogP contribution in [-0.4, -0.2) is 60.5 Å². The van der Waals surface area contributed by atoms with E-state index in [1.54, 1.807) is 25.4 Å². The normalized spacial score (nSPS) is 17.1. The Labute approximate surface area is 178 Å². The number of rotatable bonds is 8. The van der Waals surface area contributed by atoms with E-state index in [4.69, 9.17) is 16.3 Å². The largest absolute Gasteiger partial charge is 0.497 e. The van der Waals surface area contributed by atoms with Crippen molar-refractivity contribution in [3.63, 3.8) is 0 Å². The molecule has 1 aromatic carbocycles. The summed E-state index contributed by atoms with van der Waals surface area (Å²) in [6, 6.07) is 11.7. The summed E-state index contributed by atoms with van der Waals surface area (Å²) >= 11 is 5.96. The van der Waals surface area contributed by atoms with Crippen molar-refractivity contribution >= 4 is 17.5 Å². The highest BCUT2D eigenvalue weighted by Crippen LogP contribution is 2.20. The van der Waals surface area contributed by atoms with E-state index in [0.717, 1.165) is 44.8 Å². The fourth-order valence-electron chi connectivity index (χ4n) is 4.00. The van der Waals surface area contributed by atoms with Crippen molar-refractivity contribution in [2.24, 2.45) is 5.92 Å². The molecule has 29 heavy (non-hydrogen) atoms. The van der Waals surface area contributed by atoms with Crippen molar-refractivity contribution in [2.75, 3.05) is 39.8 Å². The zero-order valence-corrected chi connectivity index (χ0v) is 18.1. The van der Waals surface area contributed by atoms with Crippen molar-refractivity contribution in [1.82, 2.24) is 14.8 Å². The van der Waals surface area contributed by atoms with Gasteiger partial charge in [-0.3, -0.25) is 4.79 Å². The Morgan fingerprint density at radius 3 is 2.97 bits per heavy atom. The van der Waals surface area contributed by atoms with E-state index >= 15 is 0 Å². The van der Waals surface area contributed by atoms with E-state index in [0.29, 0.717) is 23.2 Å². The van der Waals surface area contributed by atoms with Crippen LogP contribution in [0.1, 0.15) is 35.7 Å². The number of likely N-dealkylation sites (tertiary alicyclic amines) is 1. The predicted octanol–water partition coefficient (Wildman–Crippen LogP) is 4.16. The number of ether oxygens (including phenoxy) is 1. The number of piperidine rings is 1. The zero-order chi connectivity index (χ0) is 20.6. The summed E-state index contributed by atoms with van der Waals surface area (Å²) in [5.41, 5.74) is 1.91. The number of nitrogens with zero attached hydrogens (tertiary/aromatic N) is 3. The quantitative estimate of drug-likeness (QED) is 0.607. The van der Waals surface area contributed by atoms with Crippen LogP contribution in [0, 0.1) is 5.92 Å². The molecule has 0 radical (unpaired) electrons. The Balaban J connectivity index is 1.54. The molecule has 0 saturated carbocycles. The number of pyridine rings is 1. The van der Waals surface area contributed by atoms with Crippen molar-refractivity contribution in [1.29, 1.82) is 0 Å². The number of hydrogen-bond donors (Lipinski definition) is 0. The van der Waals surface area contributed by atoms with Crippen LogP contribution < -0.4 is 4.74 Å². The molecular weight excluding hydrogens is 386 g/mol. The summed E-state index contributed by atoms with van der Waals surface area (Å²) in [4.78, 5) is 21.3. The van der Waals surface area contributed by atoms with Crippen molar-refractivity contribution in [3.05, 3.63) is 58.9 Å². The van der Waals surface area contributed by atoms with Gasteiger partial charge in [0.1, 0.15) is 10.9 Å². The van der Waals surface area contributed by atoms with Gasteiger partial charge in [0.15, 0.2) is 0 Å². The standard InChI is InChI=1S/C23H30ClN3O2/c1-3-27(23(28)20-9-11-25-22(24)15-20)17-19-7-5-12-26(16-19)13-10-18-6-4-8-21(14-18)29-2/h4,6,8-9,11,14-15,19H,3,5,7,10,12-13,16-17H2,1-2H3/t19-/m1/s1. The van der Waals surface area contributed by atoms with E-state index in [9.17, 15) is 4.79 Å². The Morgan fingerprint density at radius 2 is 2.21 bits per heavy atom. The lowest BCUT2D eigenvalue weighted by Crippen LogP contribution is -2.43. The maximum Gasteiger partial charge on any atom is 0.254 e. The summed E-state index contributed by atoms with van der Waals surface area (Å²) in [5.74, 6) is 1.44. The van der Waals surface area contributed by atoms with Gasteiger partial charge in [0.05, 0.1) is 7.11 Å². The molecule has 6 heteroatoms. The maximum absolute atomic E-state index is 12.9. The zero-order valence-electron chi connectivity index (χ0n) is 17.3. The van der Waals surface area contributed by atoms with E-state index in [-0.39, 0.29) is 5.91 Å². The maximum atomic E-state index is 12.9. The van der Waals surface area contributed by atoms with Gasteiger partial charge in [0.2, 0.25) is 0 Å². The number of carbonyl (C=O) groups excluding carboxylic acids is 1. The average Bonchev–Trinajstić information content (AvgIpc) is 2.76. The van der Waals surface area contributed by atoms with E-state index < -0.39 is 0 Å². The summed E-state index contributed by atoms with van der Waals surface area (Å²) in [6.45, 7) is 6.70. The predicted molar refractivity (Wildman–Crippen MR) is 117 cm³/mol. The van der Waals surface area contributed by atoms with E-state index in [1.165, 1.54) is 12.0 Å². The molecule has 0 bridgehead atoms. The van der Waals surface area contributed by atoms with Gasteiger partial charge in [-0.2, -0.15) is 0 Å². The molecule has 156 valence electrons. The lowest BCUT2D eigenvalue weighted by atomic mass is 9.96. The highest BCUT2D eigenvalue weighted by atomic mass is 35.5. The van der Waals surface area contributed by atoms with E-state index in [2.05, 4.69) is 22.0 Å². The Morgan fingerprint density at radius 1 is 1.34 bits per heavy atom. The average molecular weight is 416 g/mol. The molecule has 5 nitrogen and oxygen atoms in total. The van der Waals surface area contributed by atoms with Gasteiger partial charge in [-0.1, -0.05) is 23.7 Å². The number of hydrogen-bond acceptors (Lipinski definition) is 4. The third-order valence-corrected chi connectivity index (χ3v) is 5.78. The lowest BCUT2D eigenvalue weighted by molar-refractivity contribution is 0.0690. The van der Waals surface area contributed by atoms with Gasteiger partial charge in [0, 0.05) is 37.9 Å². The molecule has 0 N–H and O–H groups in total. The molecule has 1 aromatic heterocycles. The van der Waals surface area contributed by atoms with Crippen LogP contribution in [0.2, 0.25) is 5.15 Å². The molecule has 1 amide bonds. The van der Waals surface area contributed by atoms with Gasteiger partial charge in [-0.05, 0) is 68.5 Å². The molecular formula is C23H30ClN3O2. The SMILES string of the molecule is CCN(C[C@@H]1CCCN(CCc2cccc(OC)c2)C1)C(=O)c1ccnc(Cl)c1. The van der Waals surface area contributed by atoms with Gasteiger partial charge in [-0.25, -0.2) is 4.98 Å². The minimum Gasteiger partial charge on any atom is -0.497 e. The number of aromatic nitrogens is 1. The van der Waals surface area contributed by atoms with Crippen molar-refractivity contribution < 1.29 is 9.53 Å². The van der Waals surface area contributed by atoms with Crippen LogP contribution in [0.5, 0.6) is 5.75 Å². The second-order valence-corrected chi connectivity index (χ2v) is 8.01. The molecule has 0 spiro atoms. The minimum atomic E-state index is 0.0327. The van der Waals surface area contributed by atoms with Crippen molar-refractivity contribution in [3.8, 4) is 5.75 Å². The lowest BCUT2D eigenvalue weighted by Gasteiger charge is -2.35. The molecule has 1 saturated heterocycles. The third-order valence-electron chi connectivity index (χ3n) is 5.58. The summed E-state index contributed by atoms with van der Waals surface area (Å²) in [6.07, 6.45) is 4.94. The molecule has 3 rings (SSSR count). The van der Waals surface area contributed by atoms with Gasteiger partial charge >= 0.3 is 0 Å². The molecule has 2 heterocycles. The highest BCUT2D eigenvalue weighted by molar-refractivity contribution is 6.29. The Kier molecular flexibility index (Phi) is 7.90. The second kappa shape index (κ2) is 10.6. The van der Waals surface area contributed by atoms with Crippen LogP contribution in [0.25, 0.3) is 0 Å². The molecule has 0 unspecified atom stereocenters. The number of methoxy groups -OCH3 is 1. The fourth-order valence-corrected chi connectivity index (χ4v) is 4.18. The van der Waals surface area contributed by atoms with Crippen LogP contribution in [-0.2, 0) is 6.42 Å². The number of benzene rings is 1. The smallest absolute Gasteiger partial charge is 0.254 e. The minimum absolute atomic E-state index is 0.0327. The molecule has 1 atom stereocenters. The first-order valence-corrected chi connectivity index (χ1v) is 10.7. The summed E-state index contributed by atoms with van der Waals surface area (Å²) in [5, 5.41) is 0.355. The van der Waals surface area contributed by atoms with Crippen LogP contribution in [0.3, 0.4) is 0 Å². The molecule has 1 fully saturated rings. The molecule has 1 aliphatic heterocycles. The Bertz CT molecular complexity index is 814. The number of halogens is 1. The van der Waals surface area contributed by atoms with Crippen LogP contribution in [0.4, 0.5) is 0 Å². The van der Waals surface area contributed by atoms with Crippen LogP contribution >= 0.6 is 11.6 Å². The number of carbonyl (C=O) groups is 1. The van der Waals surface area contributed by atoms with Gasteiger partial charge in [0.25, 0.3) is 5.91 Å². The first-order chi connectivity index (χ1) is 14.1. The fraction of sp³-hybridized carbons (Fsp3) is 0.478. The van der Waals surface area contributed by atoms with Crippen molar-refractivity contribution in [2.45, 2.75) is 26.2 Å². The number of amides is 1. The monoisotopic (exact) mass is 415 g/mol.